The van der Waals surface area contributed by atoms with E-state index in [-0.39, 0.29) is 0 Å². The van der Waals surface area contributed by atoms with Crippen molar-refractivity contribution in [1.82, 2.24) is 0 Å². The third-order valence-electron chi connectivity index (χ3n) is 1.51. The summed E-state index contributed by atoms with van der Waals surface area (Å²) in [6, 6.07) is 2.10. The largest absolute Gasteiger partial charge is 0.192 e. The van der Waals surface area contributed by atoms with Crippen LogP contribution >= 0.6 is 0 Å². The van der Waals surface area contributed by atoms with Crippen LogP contribution < -0.4 is 0 Å². The van der Waals surface area contributed by atoms with Crippen molar-refractivity contribution in [3.63, 3.8) is 0 Å². The van der Waals surface area contributed by atoms with Crippen molar-refractivity contribution in [2.45, 2.75) is 13.3 Å². The molecule has 0 amide bonds. The first-order chi connectivity index (χ1) is 5.36. The molecule has 0 spiro atoms. The fraction of sp³-hybridized carbons (Fsp3) is 0.200. The molecule has 0 radical (unpaired) electrons. The summed E-state index contributed by atoms with van der Waals surface area (Å²) in [5.41, 5.74) is 4.81. The highest BCUT2D eigenvalue weighted by Gasteiger charge is 1.93. The molecule has 0 aliphatic heterocycles. The van der Waals surface area contributed by atoms with E-state index in [1.807, 2.05) is 12.2 Å². The SMILES string of the molecule is CCC1=CC(C#N)=CC=C=C1. The van der Waals surface area contributed by atoms with Crippen molar-refractivity contribution in [2.24, 2.45) is 0 Å². The van der Waals surface area contributed by atoms with Crippen LogP contribution in [0, 0.1) is 11.3 Å². The maximum Gasteiger partial charge on any atom is 0.0991 e. The van der Waals surface area contributed by atoms with E-state index in [1.165, 1.54) is 0 Å². The van der Waals surface area contributed by atoms with Gasteiger partial charge < -0.3 is 0 Å². The molecule has 0 aromatic heterocycles. The molecule has 1 aliphatic carbocycles. The summed E-state index contributed by atoms with van der Waals surface area (Å²) >= 11 is 0. The lowest BCUT2D eigenvalue weighted by Crippen LogP contribution is -1.75. The number of allylic oxidation sites excluding steroid dienone is 5. The molecule has 0 aromatic carbocycles. The van der Waals surface area contributed by atoms with Gasteiger partial charge in [0.25, 0.3) is 0 Å². The molecular weight excluding hydrogens is 134 g/mol. The Labute approximate surface area is 66.7 Å². The van der Waals surface area contributed by atoms with Gasteiger partial charge in [-0.2, -0.15) is 5.26 Å². The third-order valence-corrected chi connectivity index (χ3v) is 1.51. The molecule has 1 aliphatic rings. The van der Waals surface area contributed by atoms with Gasteiger partial charge in [-0.05, 0) is 36.3 Å². The van der Waals surface area contributed by atoms with Gasteiger partial charge in [0.1, 0.15) is 0 Å². The van der Waals surface area contributed by atoms with Crippen molar-refractivity contribution < 1.29 is 0 Å². The molecule has 0 saturated heterocycles. The molecule has 1 rings (SSSR count). The lowest BCUT2D eigenvalue weighted by atomic mass is 10.1. The molecule has 0 N–H and O–H groups in total. The van der Waals surface area contributed by atoms with Crippen molar-refractivity contribution >= 4 is 0 Å². The van der Waals surface area contributed by atoms with Gasteiger partial charge in [-0.25, -0.2) is 0 Å². The van der Waals surface area contributed by atoms with Gasteiger partial charge in [-0.1, -0.05) is 6.92 Å². The van der Waals surface area contributed by atoms with E-state index in [0.29, 0.717) is 5.57 Å². The number of nitriles is 1. The minimum Gasteiger partial charge on any atom is -0.192 e. The Morgan fingerprint density at radius 1 is 1.64 bits per heavy atom. The summed E-state index contributed by atoms with van der Waals surface area (Å²) in [6.07, 6.45) is 8.26. The first-order valence-electron chi connectivity index (χ1n) is 3.60. The summed E-state index contributed by atoms with van der Waals surface area (Å²) in [5, 5.41) is 8.60. The molecule has 0 saturated carbocycles. The van der Waals surface area contributed by atoms with Gasteiger partial charge in [-0.3, -0.25) is 0 Å². The Kier molecular flexibility index (Phi) is 2.49. The van der Waals surface area contributed by atoms with Crippen LogP contribution in [-0.4, -0.2) is 0 Å². The summed E-state index contributed by atoms with van der Waals surface area (Å²) in [5.74, 6) is 0. The Morgan fingerprint density at radius 3 is 3.09 bits per heavy atom. The van der Waals surface area contributed by atoms with E-state index in [4.69, 9.17) is 5.26 Å². The predicted molar refractivity (Wildman–Crippen MR) is 44.7 cm³/mol. The fourth-order valence-electron chi connectivity index (χ4n) is 0.856. The summed E-state index contributed by atoms with van der Waals surface area (Å²) < 4.78 is 0. The number of nitrogens with zero attached hydrogens (tertiary/aromatic N) is 1. The van der Waals surface area contributed by atoms with Crippen molar-refractivity contribution in [1.29, 1.82) is 5.26 Å². The smallest absolute Gasteiger partial charge is 0.0991 e. The second-order valence-corrected chi connectivity index (χ2v) is 2.28. The molecule has 0 aromatic rings. The number of hydrogen-bond acceptors (Lipinski definition) is 1. The third kappa shape index (κ3) is 1.97. The van der Waals surface area contributed by atoms with Crippen molar-refractivity contribution in [3.05, 3.63) is 41.2 Å². The maximum absolute atomic E-state index is 8.60. The first kappa shape index (κ1) is 7.60. The minimum absolute atomic E-state index is 0.697. The predicted octanol–water partition coefficient (Wildman–Crippen LogP) is 2.50. The summed E-state index contributed by atoms with van der Waals surface area (Å²) in [4.78, 5) is 0. The molecule has 0 heterocycles. The molecule has 0 bridgehead atoms. The van der Waals surface area contributed by atoms with Crippen LogP contribution in [0.4, 0.5) is 0 Å². The van der Waals surface area contributed by atoms with E-state index < -0.39 is 0 Å². The zero-order valence-electron chi connectivity index (χ0n) is 6.46. The molecule has 11 heavy (non-hydrogen) atoms. The van der Waals surface area contributed by atoms with Gasteiger partial charge in [0.05, 0.1) is 11.6 Å². The van der Waals surface area contributed by atoms with E-state index in [2.05, 4.69) is 18.7 Å². The zero-order valence-corrected chi connectivity index (χ0v) is 6.46. The Balaban J connectivity index is 3.00. The van der Waals surface area contributed by atoms with Crippen LogP contribution in [0.1, 0.15) is 13.3 Å². The van der Waals surface area contributed by atoms with Crippen molar-refractivity contribution in [2.75, 3.05) is 0 Å². The van der Waals surface area contributed by atoms with Gasteiger partial charge >= 0.3 is 0 Å². The van der Waals surface area contributed by atoms with Crippen LogP contribution in [0.5, 0.6) is 0 Å². The van der Waals surface area contributed by atoms with E-state index >= 15 is 0 Å². The topological polar surface area (TPSA) is 23.8 Å². The van der Waals surface area contributed by atoms with Gasteiger partial charge in [0, 0.05) is 0 Å². The Hall–Kier alpha value is -1.51. The average Bonchev–Trinajstić information content (AvgIpc) is 2.28. The Bertz CT molecular complexity index is 304. The zero-order chi connectivity index (χ0) is 8.10. The lowest BCUT2D eigenvalue weighted by Gasteiger charge is -1.91. The monoisotopic (exact) mass is 143 g/mol. The van der Waals surface area contributed by atoms with Gasteiger partial charge in [-0.15, -0.1) is 5.73 Å². The van der Waals surface area contributed by atoms with Crippen LogP contribution in [0.2, 0.25) is 0 Å². The average molecular weight is 143 g/mol. The highest BCUT2D eigenvalue weighted by atomic mass is 14.2. The molecular formula is C10H9N. The molecule has 0 unspecified atom stereocenters. The van der Waals surface area contributed by atoms with Crippen LogP contribution in [-0.2, 0) is 0 Å². The fourth-order valence-corrected chi connectivity index (χ4v) is 0.856. The van der Waals surface area contributed by atoms with Crippen LogP contribution in [0.25, 0.3) is 0 Å². The van der Waals surface area contributed by atoms with E-state index in [9.17, 15) is 0 Å². The van der Waals surface area contributed by atoms with Crippen LogP contribution in [0.3, 0.4) is 0 Å². The first-order valence-corrected chi connectivity index (χ1v) is 3.60. The molecule has 0 fully saturated rings. The van der Waals surface area contributed by atoms with Crippen molar-refractivity contribution in [3.8, 4) is 6.07 Å². The molecule has 1 heteroatoms. The summed E-state index contributed by atoms with van der Waals surface area (Å²) in [7, 11) is 0. The minimum atomic E-state index is 0.697. The highest BCUT2D eigenvalue weighted by Crippen LogP contribution is 2.09. The number of hydrogen-bond donors (Lipinski definition) is 0. The quantitative estimate of drug-likeness (QED) is 0.517. The molecule has 54 valence electrons. The van der Waals surface area contributed by atoms with Gasteiger partial charge in [0.15, 0.2) is 0 Å². The standard InChI is InChI=1S/C10H9N/c1-2-9-5-3-4-6-10(7-9)8-11/h4-7H,2H2,1H3. The number of rotatable bonds is 1. The second-order valence-electron chi connectivity index (χ2n) is 2.28. The van der Waals surface area contributed by atoms with E-state index in [1.54, 1.807) is 12.2 Å². The van der Waals surface area contributed by atoms with E-state index in [0.717, 1.165) is 12.0 Å². The summed E-state index contributed by atoms with van der Waals surface area (Å²) in [6.45, 7) is 2.06. The second kappa shape index (κ2) is 3.61. The van der Waals surface area contributed by atoms with Gasteiger partial charge in [0.2, 0.25) is 0 Å². The highest BCUT2D eigenvalue weighted by molar-refractivity contribution is 5.42. The maximum atomic E-state index is 8.60. The Morgan fingerprint density at radius 2 is 2.45 bits per heavy atom. The van der Waals surface area contributed by atoms with Crippen LogP contribution in [0.15, 0.2) is 41.2 Å². The molecule has 0 atom stereocenters. The normalized spacial score (nSPS) is 14.9. The lowest BCUT2D eigenvalue weighted by molar-refractivity contribution is 1.15. The molecule has 1 nitrogen and oxygen atoms in total.